The summed E-state index contributed by atoms with van der Waals surface area (Å²) in [5.41, 5.74) is 1.43. The lowest BCUT2D eigenvalue weighted by Gasteiger charge is -2.26. The van der Waals surface area contributed by atoms with Crippen LogP contribution in [0.15, 0.2) is 47.4 Å². The molecule has 2 aromatic rings. The number of rotatable bonds is 6. The lowest BCUT2D eigenvalue weighted by Crippen LogP contribution is -2.35. The Morgan fingerprint density at radius 3 is 2.52 bits per heavy atom. The zero-order chi connectivity index (χ0) is 23.4. The molecule has 2 N–H and O–H groups in total. The van der Waals surface area contributed by atoms with Gasteiger partial charge in [0, 0.05) is 37.5 Å². The van der Waals surface area contributed by atoms with Gasteiger partial charge in [0.25, 0.3) is 0 Å². The standard InChI is InChI=1S/C23H24F3N3O3S/c24-23(25,26)17-5-6-19-18(11-17)28-22(31)20(33-19)12-21(30)27-13-15-1-3-16(4-2-15)14-29-7-9-32-10-8-29/h1-6,11,20H,7-10,12-14H2,(H,27,30)(H,28,31)/t20-/m1/s1. The Hall–Kier alpha value is -2.56. The molecule has 2 heterocycles. The number of alkyl halides is 3. The van der Waals surface area contributed by atoms with E-state index in [1.807, 2.05) is 24.3 Å². The van der Waals surface area contributed by atoms with Crippen LogP contribution in [0.5, 0.6) is 0 Å². The van der Waals surface area contributed by atoms with E-state index >= 15 is 0 Å². The second-order valence-corrected chi connectivity index (χ2v) is 9.23. The molecule has 6 nitrogen and oxygen atoms in total. The Morgan fingerprint density at radius 1 is 1.12 bits per heavy atom. The van der Waals surface area contributed by atoms with Gasteiger partial charge in [-0.15, -0.1) is 11.8 Å². The molecule has 2 amide bonds. The number of hydrogen-bond acceptors (Lipinski definition) is 5. The molecule has 0 aliphatic carbocycles. The minimum atomic E-state index is -4.48. The number of carbonyl (C=O) groups excluding carboxylic acids is 2. The molecule has 10 heteroatoms. The number of morpholine rings is 1. The number of fused-ring (bicyclic) bond motifs is 1. The van der Waals surface area contributed by atoms with Crippen LogP contribution in [0.4, 0.5) is 18.9 Å². The molecule has 0 radical (unpaired) electrons. The smallest absolute Gasteiger partial charge is 0.379 e. The summed E-state index contributed by atoms with van der Waals surface area (Å²) in [6, 6.07) is 11.2. The highest BCUT2D eigenvalue weighted by Gasteiger charge is 2.34. The van der Waals surface area contributed by atoms with Crippen LogP contribution >= 0.6 is 11.8 Å². The molecular weight excluding hydrogens is 455 g/mol. The van der Waals surface area contributed by atoms with Crippen molar-refractivity contribution < 1.29 is 27.5 Å². The first-order valence-electron chi connectivity index (χ1n) is 10.6. The van der Waals surface area contributed by atoms with Gasteiger partial charge in [-0.2, -0.15) is 13.2 Å². The number of nitrogens with one attached hydrogen (secondary N) is 2. The van der Waals surface area contributed by atoms with Gasteiger partial charge < -0.3 is 15.4 Å². The predicted octanol–water partition coefficient (Wildman–Crippen LogP) is 3.66. The third-order valence-electron chi connectivity index (χ3n) is 5.52. The van der Waals surface area contributed by atoms with Crippen LogP contribution in [0.3, 0.4) is 0 Å². The summed E-state index contributed by atoms with van der Waals surface area (Å²) in [5.74, 6) is -0.773. The molecule has 176 valence electrons. The number of ether oxygens (including phenoxy) is 1. The van der Waals surface area contributed by atoms with E-state index < -0.39 is 22.9 Å². The third kappa shape index (κ3) is 6.27. The SMILES string of the molecule is O=C(C[C@H]1Sc2ccc(C(F)(F)F)cc2NC1=O)NCc1ccc(CN2CCOCC2)cc1. The minimum Gasteiger partial charge on any atom is -0.379 e. The second kappa shape index (κ2) is 10.1. The fourth-order valence-corrected chi connectivity index (χ4v) is 4.77. The molecule has 1 fully saturated rings. The first-order valence-corrected chi connectivity index (χ1v) is 11.5. The van der Waals surface area contributed by atoms with Gasteiger partial charge >= 0.3 is 6.18 Å². The van der Waals surface area contributed by atoms with Crippen LogP contribution in [-0.2, 0) is 33.6 Å². The maximum Gasteiger partial charge on any atom is 0.416 e. The molecule has 2 aromatic carbocycles. The summed E-state index contributed by atoms with van der Waals surface area (Å²) in [6.45, 7) is 4.53. The Balaban J connectivity index is 1.27. The lowest BCUT2D eigenvalue weighted by molar-refractivity contribution is -0.137. The highest BCUT2D eigenvalue weighted by Crippen LogP contribution is 2.40. The molecule has 1 atom stereocenters. The van der Waals surface area contributed by atoms with Crippen molar-refractivity contribution in [1.29, 1.82) is 0 Å². The monoisotopic (exact) mass is 479 g/mol. The average molecular weight is 480 g/mol. The molecule has 1 saturated heterocycles. The van der Waals surface area contributed by atoms with Crippen molar-refractivity contribution in [3.8, 4) is 0 Å². The van der Waals surface area contributed by atoms with Crippen molar-refractivity contribution in [3.05, 3.63) is 59.2 Å². The lowest BCUT2D eigenvalue weighted by atomic mass is 10.1. The summed E-state index contributed by atoms with van der Waals surface area (Å²) < 4.78 is 44.0. The molecule has 0 spiro atoms. The van der Waals surface area contributed by atoms with Crippen LogP contribution in [0.2, 0.25) is 0 Å². The van der Waals surface area contributed by atoms with Gasteiger partial charge in [0.15, 0.2) is 0 Å². The van der Waals surface area contributed by atoms with E-state index in [0.29, 0.717) is 11.4 Å². The van der Waals surface area contributed by atoms with Gasteiger partial charge in [0.1, 0.15) is 0 Å². The zero-order valence-corrected chi connectivity index (χ0v) is 18.6. The topological polar surface area (TPSA) is 70.7 Å². The van der Waals surface area contributed by atoms with Gasteiger partial charge in [-0.3, -0.25) is 14.5 Å². The quantitative estimate of drug-likeness (QED) is 0.662. The van der Waals surface area contributed by atoms with Gasteiger partial charge in [-0.05, 0) is 29.3 Å². The summed E-state index contributed by atoms with van der Waals surface area (Å²) in [4.78, 5) is 27.5. The molecule has 0 aromatic heterocycles. The molecule has 2 aliphatic heterocycles. The normalized spacial score (nSPS) is 19.0. The van der Waals surface area contributed by atoms with Crippen LogP contribution in [0.25, 0.3) is 0 Å². The largest absolute Gasteiger partial charge is 0.416 e. The fourth-order valence-electron chi connectivity index (χ4n) is 3.68. The maximum absolute atomic E-state index is 12.9. The van der Waals surface area contributed by atoms with Gasteiger partial charge in [-0.25, -0.2) is 0 Å². The first-order chi connectivity index (χ1) is 15.8. The van der Waals surface area contributed by atoms with Gasteiger partial charge in [0.05, 0.1) is 29.7 Å². The van der Waals surface area contributed by atoms with E-state index in [-0.39, 0.29) is 18.0 Å². The third-order valence-corrected chi connectivity index (χ3v) is 6.79. The summed E-state index contributed by atoms with van der Waals surface area (Å²) in [5, 5.41) is 4.60. The van der Waals surface area contributed by atoms with Crippen molar-refractivity contribution in [2.75, 3.05) is 31.6 Å². The van der Waals surface area contributed by atoms with Crippen molar-refractivity contribution in [1.82, 2.24) is 10.2 Å². The molecule has 0 unspecified atom stereocenters. The number of carbonyl (C=O) groups is 2. The molecule has 33 heavy (non-hydrogen) atoms. The number of nitrogens with zero attached hydrogens (tertiary/aromatic N) is 1. The predicted molar refractivity (Wildman–Crippen MR) is 119 cm³/mol. The highest BCUT2D eigenvalue weighted by atomic mass is 32.2. The fraction of sp³-hybridized carbons (Fsp3) is 0.391. The zero-order valence-electron chi connectivity index (χ0n) is 17.8. The van der Waals surface area contributed by atoms with Crippen molar-refractivity contribution in [3.63, 3.8) is 0 Å². The first kappa shape index (κ1) is 23.6. The van der Waals surface area contributed by atoms with E-state index in [2.05, 4.69) is 15.5 Å². The minimum absolute atomic E-state index is 0.0634. The van der Waals surface area contributed by atoms with E-state index in [0.717, 1.165) is 62.3 Å². The van der Waals surface area contributed by atoms with E-state index in [9.17, 15) is 22.8 Å². The summed E-state index contributed by atoms with van der Waals surface area (Å²) in [7, 11) is 0. The number of hydrogen-bond donors (Lipinski definition) is 2. The van der Waals surface area contributed by atoms with Crippen molar-refractivity contribution in [2.45, 2.75) is 35.8 Å². The van der Waals surface area contributed by atoms with Crippen molar-refractivity contribution >= 4 is 29.3 Å². The molecule has 4 rings (SSSR count). The van der Waals surface area contributed by atoms with Crippen LogP contribution in [0, 0.1) is 0 Å². The number of anilines is 1. The molecular formula is C23H24F3N3O3S. The van der Waals surface area contributed by atoms with E-state index in [1.165, 1.54) is 11.6 Å². The summed E-state index contributed by atoms with van der Waals surface area (Å²) in [6.07, 6.45) is -4.55. The Morgan fingerprint density at radius 2 is 1.82 bits per heavy atom. The second-order valence-electron chi connectivity index (χ2n) is 7.99. The van der Waals surface area contributed by atoms with Crippen LogP contribution in [-0.4, -0.2) is 48.3 Å². The van der Waals surface area contributed by atoms with Gasteiger partial charge in [0.2, 0.25) is 11.8 Å². The van der Waals surface area contributed by atoms with E-state index in [1.54, 1.807) is 0 Å². The molecule has 0 bridgehead atoms. The Labute approximate surface area is 193 Å². The molecule has 2 aliphatic rings. The van der Waals surface area contributed by atoms with Crippen LogP contribution < -0.4 is 10.6 Å². The van der Waals surface area contributed by atoms with Crippen LogP contribution in [0.1, 0.15) is 23.1 Å². The maximum atomic E-state index is 12.9. The average Bonchev–Trinajstić information content (AvgIpc) is 2.79. The number of benzene rings is 2. The Bertz CT molecular complexity index is 1010. The number of thioether (sulfide) groups is 1. The summed E-state index contributed by atoms with van der Waals surface area (Å²) >= 11 is 1.10. The number of amides is 2. The van der Waals surface area contributed by atoms with E-state index in [4.69, 9.17) is 4.74 Å². The highest BCUT2D eigenvalue weighted by molar-refractivity contribution is 8.01. The van der Waals surface area contributed by atoms with Crippen molar-refractivity contribution in [2.24, 2.45) is 0 Å². The van der Waals surface area contributed by atoms with Gasteiger partial charge in [-0.1, -0.05) is 24.3 Å². The number of halogens is 3. The Kier molecular flexibility index (Phi) is 7.26. The molecule has 0 saturated carbocycles.